The predicted octanol–water partition coefficient (Wildman–Crippen LogP) is 5.97. The van der Waals surface area contributed by atoms with Crippen LogP contribution in [0.1, 0.15) is 88.5 Å². The van der Waals surface area contributed by atoms with Gasteiger partial charge < -0.3 is 29.3 Å². The number of ether oxygens (including phenoxy) is 2. The Morgan fingerprint density at radius 2 is 1.65 bits per heavy atom. The lowest BCUT2D eigenvalue weighted by atomic mass is 9.69. The minimum Gasteiger partial charge on any atom is -0.508 e. The molecule has 310 valence electrons. The molecule has 1 unspecified atom stereocenters. The zero-order chi connectivity index (χ0) is 40.5. The largest absolute Gasteiger partial charge is 0.508 e. The average Bonchev–Trinajstić information content (AvgIpc) is 3.82. The number of phenols is 1. The summed E-state index contributed by atoms with van der Waals surface area (Å²) in [6.45, 7) is 7.46. The smallest absolute Gasteiger partial charge is 0.255 e. The number of carbonyl (C=O) groups excluding carboxylic acids is 3. The first-order valence-electron chi connectivity index (χ1n) is 22.1. The number of nitrogens with zero attached hydrogens (tertiary/aromatic N) is 4. The van der Waals surface area contributed by atoms with Crippen LogP contribution in [-0.4, -0.2) is 103 Å². The number of benzene rings is 4. The summed E-state index contributed by atoms with van der Waals surface area (Å²) < 4.78 is 13.2. The molecule has 4 aromatic carbocycles. The van der Waals surface area contributed by atoms with E-state index in [-0.39, 0.29) is 35.8 Å². The molecule has 4 fully saturated rings. The first-order valence-corrected chi connectivity index (χ1v) is 22.1. The van der Waals surface area contributed by atoms with Crippen LogP contribution in [0.25, 0.3) is 0 Å². The second-order valence-electron chi connectivity index (χ2n) is 18.3. The molecule has 4 aromatic rings. The Labute approximate surface area is 351 Å². The standard InChI is InChI=1S/C49H53N5O6/c55-37-11-13-39-34(24-37)8-12-38(32-4-2-1-3-5-32)45(39)33-6-9-35(10-7-33)52-20-18-49(19-21-52)25-31(29-60-49)26-51-22-23-53-36(27-51)30-59-46-41-28-54(43-16-17-44(56)50-47(43)57)48(58)40(41)14-15-42(46)53/h1-7,9-11,13-15,24,31,36,38,43,45,55H,8,12,16-23,25-30H2,(H,50,56,57)/t31?,36-,38-,43+,45+/m1/s1. The highest BCUT2D eigenvalue weighted by Crippen LogP contribution is 2.48. The van der Waals surface area contributed by atoms with Crippen molar-refractivity contribution in [3.05, 3.63) is 118 Å². The van der Waals surface area contributed by atoms with Crippen molar-refractivity contribution in [2.24, 2.45) is 5.92 Å². The molecule has 0 saturated carbocycles. The van der Waals surface area contributed by atoms with Gasteiger partial charge in [-0.1, -0.05) is 48.5 Å². The number of nitrogens with one attached hydrogen (secondary N) is 1. The van der Waals surface area contributed by atoms with Gasteiger partial charge in [0.15, 0.2) is 0 Å². The van der Waals surface area contributed by atoms with E-state index < -0.39 is 11.9 Å². The summed E-state index contributed by atoms with van der Waals surface area (Å²) in [4.78, 5) is 46.9. The SMILES string of the molecule is O=C1CC[C@H](N2Cc3c(ccc4c3OC[C@H]3CN(CC5COC6(CCN(c7ccc([C@@H]8c9ccc(O)cc9CC[C@@H]8c8ccccc8)cc7)CC6)C5)CCN43)C2=O)C(=O)N1. The van der Waals surface area contributed by atoms with Crippen molar-refractivity contribution in [1.82, 2.24) is 15.1 Å². The Hall–Kier alpha value is -5.39. The Kier molecular flexibility index (Phi) is 9.37. The van der Waals surface area contributed by atoms with Crippen LogP contribution >= 0.6 is 0 Å². The van der Waals surface area contributed by atoms with Crippen LogP contribution < -0.4 is 19.9 Å². The molecule has 0 aromatic heterocycles. The number of amides is 3. The lowest BCUT2D eigenvalue weighted by Crippen LogP contribution is -2.58. The van der Waals surface area contributed by atoms with Crippen molar-refractivity contribution in [2.75, 3.05) is 62.3 Å². The third kappa shape index (κ3) is 6.61. The van der Waals surface area contributed by atoms with Gasteiger partial charge in [-0.15, -0.1) is 0 Å². The molecule has 60 heavy (non-hydrogen) atoms. The quantitative estimate of drug-likeness (QED) is 0.228. The minimum atomic E-state index is -0.639. The number of fused-ring (bicyclic) bond motifs is 6. The Bertz CT molecular complexity index is 2330. The molecular formula is C49H53N5O6. The molecule has 5 atom stereocenters. The van der Waals surface area contributed by atoms with E-state index in [4.69, 9.17) is 9.47 Å². The van der Waals surface area contributed by atoms with Crippen molar-refractivity contribution < 1.29 is 29.0 Å². The maximum Gasteiger partial charge on any atom is 0.255 e. The van der Waals surface area contributed by atoms with E-state index in [2.05, 4.69) is 80.7 Å². The highest BCUT2D eigenvalue weighted by molar-refractivity contribution is 6.06. The monoisotopic (exact) mass is 807 g/mol. The summed E-state index contributed by atoms with van der Waals surface area (Å²) in [5.41, 5.74) is 9.00. The van der Waals surface area contributed by atoms with Crippen molar-refractivity contribution >= 4 is 29.1 Å². The van der Waals surface area contributed by atoms with Crippen LogP contribution in [0.4, 0.5) is 11.4 Å². The summed E-state index contributed by atoms with van der Waals surface area (Å²) >= 11 is 0. The topological polar surface area (TPSA) is 115 Å². The van der Waals surface area contributed by atoms with E-state index in [9.17, 15) is 19.5 Å². The molecule has 11 nitrogen and oxygen atoms in total. The van der Waals surface area contributed by atoms with Crippen molar-refractivity contribution in [2.45, 2.75) is 81.0 Å². The summed E-state index contributed by atoms with van der Waals surface area (Å²) in [7, 11) is 0. The third-order valence-corrected chi connectivity index (χ3v) is 14.9. The van der Waals surface area contributed by atoms with E-state index in [1.54, 1.807) is 4.90 Å². The number of anilines is 2. The summed E-state index contributed by atoms with van der Waals surface area (Å²) in [5.74, 6) is 1.41. The fourth-order valence-electron chi connectivity index (χ4n) is 11.8. The maximum absolute atomic E-state index is 13.4. The van der Waals surface area contributed by atoms with Crippen LogP contribution in [-0.2, 0) is 27.3 Å². The second-order valence-corrected chi connectivity index (χ2v) is 18.3. The first kappa shape index (κ1) is 37.6. The fourth-order valence-corrected chi connectivity index (χ4v) is 11.8. The molecule has 6 aliphatic heterocycles. The normalized spacial score (nSPS) is 27.2. The van der Waals surface area contributed by atoms with Crippen LogP contribution in [0.5, 0.6) is 11.5 Å². The van der Waals surface area contributed by atoms with Gasteiger partial charge in [0.25, 0.3) is 5.91 Å². The number of piperazine rings is 1. The Morgan fingerprint density at radius 3 is 2.47 bits per heavy atom. The van der Waals surface area contributed by atoms with E-state index in [0.717, 1.165) is 95.0 Å². The fraction of sp³-hybridized carbons (Fsp3) is 0.449. The number of rotatable bonds is 6. The van der Waals surface area contributed by atoms with E-state index in [0.29, 0.717) is 42.7 Å². The molecule has 11 heteroatoms. The number of aryl methyl sites for hydroxylation is 1. The molecule has 1 aliphatic carbocycles. The van der Waals surface area contributed by atoms with Gasteiger partial charge >= 0.3 is 0 Å². The molecular weight excluding hydrogens is 755 g/mol. The van der Waals surface area contributed by atoms with Gasteiger partial charge in [0.2, 0.25) is 11.8 Å². The summed E-state index contributed by atoms with van der Waals surface area (Å²) in [6, 6.07) is 29.7. The van der Waals surface area contributed by atoms with Gasteiger partial charge in [-0.25, -0.2) is 0 Å². The van der Waals surface area contributed by atoms with Crippen molar-refractivity contribution in [3.63, 3.8) is 0 Å². The zero-order valence-electron chi connectivity index (χ0n) is 34.1. The molecule has 1 spiro atoms. The molecule has 4 saturated heterocycles. The minimum absolute atomic E-state index is 0.0460. The van der Waals surface area contributed by atoms with Gasteiger partial charge in [-0.2, -0.15) is 0 Å². The Morgan fingerprint density at radius 1 is 0.817 bits per heavy atom. The Balaban J connectivity index is 0.700. The van der Waals surface area contributed by atoms with E-state index >= 15 is 0 Å². The van der Waals surface area contributed by atoms with Crippen LogP contribution in [0.3, 0.4) is 0 Å². The zero-order valence-corrected chi connectivity index (χ0v) is 34.1. The molecule has 0 bridgehead atoms. The number of carbonyl (C=O) groups is 3. The maximum atomic E-state index is 13.4. The summed E-state index contributed by atoms with van der Waals surface area (Å²) in [5, 5.41) is 12.7. The lowest BCUT2D eigenvalue weighted by molar-refractivity contribution is -0.136. The van der Waals surface area contributed by atoms with Gasteiger partial charge in [-0.05, 0) is 109 Å². The number of aromatic hydroxyl groups is 1. The van der Waals surface area contributed by atoms with Gasteiger partial charge in [-0.3, -0.25) is 24.6 Å². The highest BCUT2D eigenvalue weighted by atomic mass is 16.5. The molecule has 7 aliphatic rings. The molecule has 3 amide bonds. The van der Waals surface area contributed by atoms with Gasteiger partial charge in [0, 0.05) is 68.4 Å². The number of imide groups is 1. The number of hydrogen-bond donors (Lipinski definition) is 2. The van der Waals surface area contributed by atoms with Crippen molar-refractivity contribution in [3.8, 4) is 11.5 Å². The van der Waals surface area contributed by atoms with Crippen molar-refractivity contribution in [1.29, 1.82) is 0 Å². The molecule has 6 heterocycles. The van der Waals surface area contributed by atoms with Crippen LogP contribution in [0.15, 0.2) is 84.9 Å². The predicted molar refractivity (Wildman–Crippen MR) is 228 cm³/mol. The summed E-state index contributed by atoms with van der Waals surface area (Å²) in [6.07, 6.45) is 5.79. The number of piperidine rings is 2. The molecule has 2 N–H and O–H groups in total. The average molecular weight is 808 g/mol. The number of hydrogen-bond acceptors (Lipinski definition) is 9. The first-order chi connectivity index (χ1) is 29.3. The third-order valence-electron chi connectivity index (χ3n) is 14.9. The van der Waals surface area contributed by atoms with Gasteiger partial charge in [0.05, 0.1) is 30.5 Å². The van der Waals surface area contributed by atoms with Gasteiger partial charge in [0.1, 0.15) is 24.1 Å². The lowest BCUT2D eigenvalue weighted by Gasteiger charge is -2.46. The van der Waals surface area contributed by atoms with Crippen LogP contribution in [0, 0.1) is 5.92 Å². The molecule has 0 radical (unpaired) electrons. The molecule has 11 rings (SSSR count). The highest BCUT2D eigenvalue weighted by Gasteiger charge is 2.46. The van der Waals surface area contributed by atoms with E-state index in [1.165, 1.54) is 27.9 Å². The van der Waals surface area contributed by atoms with Crippen LogP contribution in [0.2, 0.25) is 0 Å². The second kappa shape index (κ2) is 15.0. The number of phenolic OH excluding ortho intramolecular Hbond substituents is 1. The van der Waals surface area contributed by atoms with E-state index in [1.807, 2.05) is 24.3 Å².